The molecule has 0 amide bonds. The summed E-state index contributed by atoms with van der Waals surface area (Å²) in [4.78, 5) is 11.1. The molecule has 27 heavy (non-hydrogen) atoms. The molecule has 1 aliphatic rings. The predicted octanol–water partition coefficient (Wildman–Crippen LogP) is 4.22. The predicted molar refractivity (Wildman–Crippen MR) is 123 cm³/mol. The molecule has 1 atom stereocenters. The van der Waals surface area contributed by atoms with Crippen molar-refractivity contribution in [2.75, 3.05) is 34.4 Å². The molecule has 1 aromatic rings. The van der Waals surface area contributed by atoms with Gasteiger partial charge in [0.15, 0.2) is 5.96 Å². The van der Waals surface area contributed by atoms with E-state index in [4.69, 9.17) is 9.47 Å². The average molecular weight is 510 g/mol. The Kier molecular flexibility index (Phi) is 12.5. The van der Waals surface area contributed by atoms with Gasteiger partial charge in [-0.2, -0.15) is 0 Å². The average Bonchev–Trinajstić information content (AvgIpc) is 2.95. The number of ether oxygens (including phenoxy) is 2. The van der Waals surface area contributed by atoms with Gasteiger partial charge >= 0.3 is 0 Å². The van der Waals surface area contributed by atoms with Gasteiger partial charge < -0.3 is 19.7 Å². The lowest BCUT2D eigenvalue weighted by atomic mass is 10.1. The van der Waals surface area contributed by atoms with E-state index in [1.165, 1.54) is 38.5 Å². The van der Waals surface area contributed by atoms with Crippen LogP contribution in [0.25, 0.3) is 0 Å². The van der Waals surface area contributed by atoms with Gasteiger partial charge in [-0.15, -0.1) is 35.3 Å². The van der Waals surface area contributed by atoms with Crippen LogP contribution in [-0.2, 0) is 16.0 Å². The minimum Gasteiger partial charge on any atom is -0.376 e. The SMILES string of the molecule is CN=C(NCCOC1CCCCCC1)N(C)Cc1csc(C(C)OC)n1.I. The summed E-state index contributed by atoms with van der Waals surface area (Å²) in [5.41, 5.74) is 1.04. The van der Waals surface area contributed by atoms with Gasteiger partial charge in [-0.3, -0.25) is 4.99 Å². The molecule has 0 spiro atoms. The Bertz CT molecular complexity index is 548. The smallest absolute Gasteiger partial charge is 0.193 e. The second-order valence-electron chi connectivity index (χ2n) is 6.87. The summed E-state index contributed by atoms with van der Waals surface area (Å²) >= 11 is 1.64. The number of thiazole rings is 1. The first-order valence-corrected chi connectivity index (χ1v) is 10.5. The van der Waals surface area contributed by atoms with E-state index in [2.05, 4.69) is 25.6 Å². The van der Waals surface area contributed by atoms with E-state index in [-0.39, 0.29) is 30.1 Å². The normalized spacial score (nSPS) is 17.1. The van der Waals surface area contributed by atoms with E-state index in [1.807, 2.05) is 21.0 Å². The minimum atomic E-state index is 0. The molecule has 1 N–H and O–H groups in total. The van der Waals surface area contributed by atoms with Gasteiger partial charge in [0, 0.05) is 33.1 Å². The molecule has 1 saturated carbocycles. The van der Waals surface area contributed by atoms with E-state index in [1.54, 1.807) is 18.4 Å². The zero-order valence-corrected chi connectivity index (χ0v) is 20.2. The lowest BCUT2D eigenvalue weighted by molar-refractivity contribution is 0.0466. The highest BCUT2D eigenvalue weighted by atomic mass is 127. The molecular weight excluding hydrogens is 475 g/mol. The molecular formula is C19H35IN4O2S. The van der Waals surface area contributed by atoms with E-state index in [0.717, 1.165) is 36.4 Å². The monoisotopic (exact) mass is 510 g/mol. The first kappa shape index (κ1) is 24.6. The topological polar surface area (TPSA) is 59.0 Å². The maximum absolute atomic E-state index is 6.04. The second-order valence-corrected chi connectivity index (χ2v) is 7.76. The number of nitrogens with one attached hydrogen (secondary N) is 1. The highest BCUT2D eigenvalue weighted by Crippen LogP contribution is 2.21. The van der Waals surface area contributed by atoms with Crippen LogP contribution >= 0.6 is 35.3 Å². The zero-order chi connectivity index (χ0) is 18.8. The van der Waals surface area contributed by atoms with Crippen LogP contribution < -0.4 is 5.32 Å². The number of guanidine groups is 1. The van der Waals surface area contributed by atoms with Crippen LogP contribution in [0.3, 0.4) is 0 Å². The fourth-order valence-electron chi connectivity index (χ4n) is 3.18. The standard InChI is InChI=1S/C19H34N4O2S.HI/c1-15(24-4)18-22-16(14-26-18)13-23(3)19(20-2)21-11-12-25-17-9-7-5-6-8-10-17;/h14-15,17H,5-13H2,1-4H3,(H,20,21);1H. The quantitative estimate of drug-likeness (QED) is 0.187. The van der Waals surface area contributed by atoms with Crippen molar-refractivity contribution in [2.45, 2.75) is 64.2 Å². The summed E-state index contributed by atoms with van der Waals surface area (Å²) in [7, 11) is 5.55. The van der Waals surface area contributed by atoms with Crippen LogP contribution in [-0.4, -0.2) is 56.3 Å². The van der Waals surface area contributed by atoms with Crippen LogP contribution in [0.4, 0.5) is 0 Å². The molecule has 1 unspecified atom stereocenters. The molecule has 6 nitrogen and oxygen atoms in total. The molecule has 1 aromatic heterocycles. The highest BCUT2D eigenvalue weighted by molar-refractivity contribution is 14.0. The molecule has 1 heterocycles. The van der Waals surface area contributed by atoms with Crippen LogP contribution in [0.5, 0.6) is 0 Å². The van der Waals surface area contributed by atoms with Crippen LogP contribution in [0.2, 0.25) is 0 Å². The zero-order valence-electron chi connectivity index (χ0n) is 17.1. The summed E-state index contributed by atoms with van der Waals surface area (Å²) in [6, 6.07) is 0. The fourth-order valence-corrected chi connectivity index (χ4v) is 4.02. The fraction of sp³-hybridized carbons (Fsp3) is 0.789. The summed E-state index contributed by atoms with van der Waals surface area (Å²) in [6.07, 6.45) is 8.22. The van der Waals surface area contributed by atoms with Gasteiger partial charge in [0.1, 0.15) is 11.1 Å². The van der Waals surface area contributed by atoms with E-state index in [0.29, 0.717) is 6.10 Å². The number of halogens is 1. The number of hydrogen-bond donors (Lipinski definition) is 1. The van der Waals surface area contributed by atoms with Crippen LogP contribution in [0, 0.1) is 0 Å². The molecule has 156 valence electrons. The maximum Gasteiger partial charge on any atom is 0.193 e. The highest BCUT2D eigenvalue weighted by Gasteiger charge is 2.14. The number of nitrogens with zero attached hydrogens (tertiary/aromatic N) is 3. The lowest BCUT2D eigenvalue weighted by Crippen LogP contribution is -2.40. The Labute approximate surface area is 185 Å². The third-order valence-electron chi connectivity index (χ3n) is 4.78. The van der Waals surface area contributed by atoms with Gasteiger partial charge in [-0.1, -0.05) is 25.7 Å². The molecule has 8 heteroatoms. The number of methoxy groups -OCH3 is 1. The number of aliphatic imine (C=N–C) groups is 1. The number of aromatic nitrogens is 1. The van der Waals surface area contributed by atoms with Crippen molar-refractivity contribution in [3.05, 3.63) is 16.1 Å². The second kappa shape index (κ2) is 13.7. The van der Waals surface area contributed by atoms with Gasteiger partial charge in [-0.05, 0) is 19.8 Å². The third-order valence-corrected chi connectivity index (χ3v) is 5.84. The maximum atomic E-state index is 6.04. The van der Waals surface area contributed by atoms with Crippen LogP contribution in [0.1, 0.15) is 62.3 Å². The summed E-state index contributed by atoms with van der Waals surface area (Å²) < 4.78 is 11.4. The Morgan fingerprint density at radius 1 is 1.37 bits per heavy atom. The summed E-state index contributed by atoms with van der Waals surface area (Å²) in [6.45, 7) is 4.23. The molecule has 1 aliphatic carbocycles. The molecule has 0 saturated heterocycles. The van der Waals surface area contributed by atoms with E-state index >= 15 is 0 Å². The number of hydrogen-bond acceptors (Lipinski definition) is 5. The summed E-state index contributed by atoms with van der Waals surface area (Å²) in [5.74, 6) is 0.865. The lowest BCUT2D eigenvalue weighted by Gasteiger charge is -2.22. The van der Waals surface area contributed by atoms with Crippen molar-refractivity contribution in [3.8, 4) is 0 Å². The van der Waals surface area contributed by atoms with Crippen molar-refractivity contribution in [1.82, 2.24) is 15.2 Å². The molecule has 0 aromatic carbocycles. The van der Waals surface area contributed by atoms with Crippen molar-refractivity contribution in [1.29, 1.82) is 0 Å². The van der Waals surface area contributed by atoms with E-state index in [9.17, 15) is 0 Å². The Morgan fingerprint density at radius 3 is 2.70 bits per heavy atom. The van der Waals surface area contributed by atoms with Crippen molar-refractivity contribution >= 4 is 41.3 Å². The molecule has 1 fully saturated rings. The number of rotatable bonds is 8. The van der Waals surface area contributed by atoms with Gasteiger partial charge in [-0.25, -0.2) is 4.98 Å². The third kappa shape index (κ3) is 8.62. The molecule has 0 radical (unpaired) electrons. The molecule has 0 aliphatic heterocycles. The summed E-state index contributed by atoms with van der Waals surface area (Å²) in [5, 5.41) is 6.48. The Balaban J connectivity index is 0.00000364. The van der Waals surface area contributed by atoms with E-state index < -0.39 is 0 Å². The van der Waals surface area contributed by atoms with Crippen molar-refractivity contribution in [2.24, 2.45) is 4.99 Å². The Morgan fingerprint density at radius 2 is 2.07 bits per heavy atom. The van der Waals surface area contributed by atoms with Gasteiger partial charge in [0.2, 0.25) is 0 Å². The largest absolute Gasteiger partial charge is 0.376 e. The first-order valence-electron chi connectivity index (χ1n) is 9.64. The molecule has 2 rings (SSSR count). The minimum absolute atomic E-state index is 0. The van der Waals surface area contributed by atoms with Gasteiger partial charge in [0.05, 0.1) is 24.9 Å². The van der Waals surface area contributed by atoms with Gasteiger partial charge in [0.25, 0.3) is 0 Å². The first-order chi connectivity index (χ1) is 12.6. The van der Waals surface area contributed by atoms with Crippen LogP contribution in [0.15, 0.2) is 10.4 Å². The van der Waals surface area contributed by atoms with Crippen molar-refractivity contribution in [3.63, 3.8) is 0 Å². The molecule has 0 bridgehead atoms. The Hall–Kier alpha value is -0.450. The van der Waals surface area contributed by atoms with Crippen molar-refractivity contribution < 1.29 is 9.47 Å².